The Morgan fingerprint density at radius 1 is 1.60 bits per heavy atom. The Bertz CT molecular complexity index is 823. The molecule has 0 radical (unpaired) electrons. The number of aromatic nitrogens is 1. The number of oxime groups is 1. The Balaban J connectivity index is 0.00000312. The maximum absolute atomic E-state index is 12.2. The summed E-state index contributed by atoms with van der Waals surface area (Å²) >= 11 is 1.03. The van der Waals surface area contributed by atoms with Gasteiger partial charge in [-0.25, -0.2) is 9.29 Å². The van der Waals surface area contributed by atoms with Crippen molar-refractivity contribution in [3.63, 3.8) is 0 Å². The van der Waals surface area contributed by atoms with E-state index in [0.29, 0.717) is 0 Å². The summed E-state index contributed by atoms with van der Waals surface area (Å²) < 4.78 is 30.8. The number of nitrogen functional groups attached to an aromatic ring is 1. The van der Waals surface area contributed by atoms with Gasteiger partial charge in [0.25, 0.3) is 11.8 Å². The zero-order chi connectivity index (χ0) is 18.1. The molecule has 15 heteroatoms. The van der Waals surface area contributed by atoms with E-state index in [1.54, 1.807) is 0 Å². The normalized spacial score (nSPS) is 20.3. The number of nitrogens with two attached hydrogens (primary N) is 1. The summed E-state index contributed by atoms with van der Waals surface area (Å²) in [7, 11) is -3.73. The van der Waals surface area contributed by atoms with Gasteiger partial charge in [-0.1, -0.05) is 5.16 Å². The third-order valence-corrected chi connectivity index (χ3v) is 4.53. The number of nitrogens with zero attached hydrogens (tertiary/aromatic N) is 3. The van der Waals surface area contributed by atoms with E-state index in [4.69, 9.17) is 10.3 Å². The van der Waals surface area contributed by atoms with E-state index < -0.39 is 34.2 Å². The molecule has 1 aromatic heterocycles. The first-order valence-electron chi connectivity index (χ1n) is 6.10. The zero-order valence-electron chi connectivity index (χ0n) is 11.9. The van der Waals surface area contributed by atoms with Crippen LogP contribution in [0.2, 0.25) is 0 Å². The van der Waals surface area contributed by atoms with Crippen molar-refractivity contribution in [3.05, 3.63) is 11.1 Å². The molecule has 2 rings (SSSR count). The summed E-state index contributed by atoms with van der Waals surface area (Å²) in [4.78, 5) is 43.3. The van der Waals surface area contributed by atoms with E-state index in [1.165, 1.54) is 12.5 Å². The average molecular weight is 401 g/mol. The van der Waals surface area contributed by atoms with E-state index in [-0.39, 0.29) is 56.7 Å². The minimum absolute atomic E-state index is 0. The van der Waals surface area contributed by atoms with Crippen LogP contribution >= 0.6 is 11.3 Å². The van der Waals surface area contributed by atoms with Crippen molar-refractivity contribution in [3.8, 4) is 0 Å². The first kappa shape index (κ1) is 21.5. The predicted octanol–water partition coefficient (Wildman–Crippen LogP) is -2.88. The first-order valence-corrected chi connectivity index (χ1v) is 8.37. The number of aldehydes is 1. The van der Waals surface area contributed by atoms with Gasteiger partial charge in [-0.05, 0) is 0 Å². The van der Waals surface area contributed by atoms with Gasteiger partial charge in [0.15, 0.2) is 10.8 Å². The van der Waals surface area contributed by atoms with Gasteiger partial charge in [-0.15, -0.1) is 11.3 Å². The molecule has 0 unspecified atom stereocenters. The fraction of sp³-hybridized carbons (Fsp3) is 0.300. The number of nitrogens with one attached hydrogen (secondary N) is 1. The third-order valence-electron chi connectivity index (χ3n) is 2.93. The van der Waals surface area contributed by atoms with Crippen LogP contribution in [0.25, 0.3) is 0 Å². The molecular weight excluding hydrogens is 389 g/mol. The summed E-state index contributed by atoms with van der Waals surface area (Å²) in [6.07, 6.45) is 0.105. The van der Waals surface area contributed by atoms with Gasteiger partial charge in [0.05, 0.1) is 0 Å². The monoisotopic (exact) mass is 401 g/mol. The van der Waals surface area contributed by atoms with Crippen molar-refractivity contribution in [1.29, 1.82) is 0 Å². The van der Waals surface area contributed by atoms with E-state index >= 15 is 0 Å². The molecule has 1 aliphatic rings. The number of carbonyl (C=O) groups is 3. The van der Waals surface area contributed by atoms with Crippen molar-refractivity contribution in [2.75, 3.05) is 12.8 Å². The van der Waals surface area contributed by atoms with E-state index in [9.17, 15) is 22.8 Å². The molecule has 0 spiro atoms. The molecule has 2 atom stereocenters. The molecule has 0 aliphatic carbocycles. The Morgan fingerprint density at radius 2 is 2.24 bits per heavy atom. The van der Waals surface area contributed by atoms with Crippen molar-refractivity contribution < 1.29 is 32.2 Å². The Kier molecular flexibility index (Phi) is 7.04. The Morgan fingerprint density at radius 3 is 2.68 bits per heavy atom. The van der Waals surface area contributed by atoms with Gasteiger partial charge in [0.2, 0.25) is 0 Å². The number of hydrogen-bond donors (Lipinski definition) is 3. The molecule has 132 valence electrons. The SMILES string of the molecule is CON=C(C(=O)N[C@@H]1C(=O)N(S(=O)(=O)O)[C@@H]1C=O)c1csc(N)n1.[NaH]. The number of amides is 2. The summed E-state index contributed by atoms with van der Waals surface area (Å²) in [5, 5.41) is 7.18. The molecule has 12 nitrogen and oxygen atoms in total. The zero-order valence-corrected chi connectivity index (χ0v) is 13.6. The molecule has 1 aliphatic heterocycles. The summed E-state index contributed by atoms with van der Waals surface area (Å²) in [5.41, 5.74) is 5.20. The standard InChI is InChI=1S/C10H11N5O7S2.Na.H/c1-22-14-6(4-3-23-10(11)12-4)8(17)13-7-5(2-16)15(9(7)18)24(19,20)21;;/h2-3,5,7H,1H3,(H2,11,12)(H,13,17)(H,19,20,21);;/t5-,7+;;/m1../s1. The number of thiazole rings is 1. The van der Waals surface area contributed by atoms with Gasteiger partial charge in [0.1, 0.15) is 31.2 Å². The molecule has 1 aromatic rings. The molecule has 1 saturated heterocycles. The first-order chi connectivity index (χ1) is 11.2. The Hall–Kier alpha value is -1.58. The van der Waals surface area contributed by atoms with E-state index in [1.807, 2.05) is 0 Å². The fourth-order valence-corrected chi connectivity index (χ4v) is 3.30. The van der Waals surface area contributed by atoms with Crippen LogP contribution in [-0.2, 0) is 29.5 Å². The van der Waals surface area contributed by atoms with Crippen LogP contribution in [0.3, 0.4) is 0 Å². The third kappa shape index (κ3) is 4.34. The number of anilines is 1. The average Bonchev–Trinajstić information content (AvgIpc) is 2.91. The summed E-state index contributed by atoms with van der Waals surface area (Å²) in [6.45, 7) is 0. The van der Waals surface area contributed by atoms with Crippen LogP contribution in [0.15, 0.2) is 10.5 Å². The van der Waals surface area contributed by atoms with Crippen molar-refractivity contribution in [2.24, 2.45) is 5.16 Å². The van der Waals surface area contributed by atoms with Crippen LogP contribution < -0.4 is 11.1 Å². The topological polar surface area (TPSA) is 181 Å². The molecule has 2 heterocycles. The van der Waals surface area contributed by atoms with Crippen LogP contribution in [0.1, 0.15) is 5.69 Å². The van der Waals surface area contributed by atoms with Gasteiger partial charge in [-0.3, -0.25) is 14.1 Å². The second-order valence-corrected chi connectivity index (χ2v) is 6.56. The minimum atomic E-state index is -4.91. The van der Waals surface area contributed by atoms with E-state index in [2.05, 4.69) is 20.3 Å². The van der Waals surface area contributed by atoms with Gasteiger partial charge < -0.3 is 20.7 Å². The summed E-state index contributed by atoms with van der Waals surface area (Å²) in [6, 6.07) is -3.05. The molecule has 25 heavy (non-hydrogen) atoms. The van der Waals surface area contributed by atoms with Crippen LogP contribution in [-0.4, -0.2) is 94.8 Å². The fourth-order valence-electron chi connectivity index (χ4n) is 1.93. The number of carbonyl (C=O) groups excluding carboxylic acids is 3. The van der Waals surface area contributed by atoms with Crippen molar-refractivity contribution in [1.82, 2.24) is 14.6 Å². The van der Waals surface area contributed by atoms with Crippen LogP contribution in [0.5, 0.6) is 0 Å². The maximum atomic E-state index is 12.2. The van der Waals surface area contributed by atoms with Gasteiger partial charge >= 0.3 is 39.9 Å². The van der Waals surface area contributed by atoms with E-state index in [0.717, 1.165) is 11.3 Å². The van der Waals surface area contributed by atoms with Gasteiger partial charge in [0, 0.05) is 5.38 Å². The van der Waals surface area contributed by atoms with Crippen LogP contribution in [0.4, 0.5) is 5.13 Å². The molecule has 0 bridgehead atoms. The molecule has 0 saturated carbocycles. The number of β-lactam (4-membered cyclic amide) rings is 1. The number of hydrogen-bond acceptors (Lipinski definition) is 10. The molecule has 4 N–H and O–H groups in total. The van der Waals surface area contributed by atoms with Crippen molar-refractivity contribution in [2.45, 2.75) is 12.1 Å². The molecular formula is C10H12N5NaO7S2. The van der Waals surface area contributed by atoms with Gasteiger partial charge in [-0.2, -0.15) is 8.42 Å². The molecule has 2 amide bonds. The van der Waals surface area contributed by atoms with Crippen molar-refractivity contribution >= 4 is 80.1 Å². The molecule has 1 fully saturated rings. The second kappa shape index (κ2) is 8.20. The second-order valence-electron chi connectivity index (χ2n) is 4.38. The number of rotatable bonds is 6. The van der Waals surface area contributed by atoms with Crippen LogP contribution in [0, 0.1) is 0 Å². The Labute approximate surface area is 167 Å². The quantitative estimate of drug-likeness (QED) is 0.113. The predicted molar refractivity (Wildman–Crippen MR) is 87.4 cm³/mol. The molecule has 0 aromatic carbocycles. The summed E-state index contributed by atoms with van der Waals surface area (Å²) in [5.74, 6) is -2.11.